The molecule has 7 heteroatoms. The summed E-state index contributed by atoms with van der Waals surface area (Å²) in [5.41, 5.74) is 0.938. The largest absolute Gasteiger partial charge is 0.369 e. The lowest BCUT2D eigenvalue weighted by atomic mass is 9.99. The fourth-order valence-electron chi connectivity index (χ4n) is 3.14. The molecule has 0 unspecified atom stereocenters. The highest BCUT2D eigenvalue weighted by molar-refractivity contribution is 5.88. The van der Waals surface area contributed by atoms with Gasteiger partial charge < -0.3 is 10.2 Å². The van der Waals surface area contributed by atoms with Crippen LogP contribution in [-0.2, 0) is 0 Å². The van der Waals surface area contributed by atoms with Gasteiger partial charge in [-0.05, 0) is 44.0 Å². The minimum atomic E-state index is -0.466. The summed E-state index contributed by atoms with van der Waals surface area (Å²) in [4.78, 5) is 17.4. The maximum atomic E-state index is 10.9. The number of pyridine rings is 1. The van der Waals surface area contributed by atoms with E-state index < -0.39 is 4.92 Å². The van der Waals surface area contributed by atoms with Crippen molar-refractivity contribution in [1.29, 1.82) is 5.26 Å². The van der Waals surface area contributed by atoms with Crippen LogP contribution < -0.4 is 5.32 Å². The Bertz CT molecular complexity index is 822. The van der Waals surface area contributed by atoms with Gasteiger partial charge in [0.1, 0.15) is 5.82 Å². The molecule has 3 rings (SSSR count). The minimum Gasteiger partial charge on any atom is -0.369 e. The van der Waals surface area contributed by atoms with Crippen LogP contribution in [-0.4, -0.2) is 41.0 Å². The van der Waals surface area contributed by atoms with Crippen molar-refractivity contribution in [2.75, 3.05) is 31.5 Å². The lowest BCUT2D eigenvalue weighted by Gasteiger charge is -2.30. The van der Waals surface area contributed by atoms with Crippen molar-refractivity contribution in [1.82, 2.24) is 9.88 Å². The van der Waals surface area contributed by atoms with Crippen LogP contribution in [0.25, 0.3) is 10.9 Å². The van der Waals surface area contributed by atoms with Gasteiger partial charge in [-0.1, -0.05) is 6.92 Å². The Morgan fingerprint density at radius 2 is 2.16 bits per heavy atom. The molecule has 1 aromatic carbocycles. The van der Waals surface area contributed by atoms with E-state index >= 15 is 0 Å². The topological polar surface area (TPSA) is 95.1 Å². The second kappa shape index (κ2) is 7.45. The molecule has 0 aliphatic carbocycles. The van der Waals surface area contributed by atoms with Gasteiger partial charge in [0.15, 0.2) is 0 Å². The van der Waals surface area contributed by atoms with Crippen molar-refractivity contribution in [3.63, 3.8) is 0 Å². The van der Waals surface area contributed by atoms with Gasteiger partial charge in [-0.25, -0.2) is 4.98 Å². The zero-order valence-electron chi connectivity index (χ0n) is 14.2. The smallest absolute Gasteiger partial charge is 0.270 e. The van der Waals surface area contributed by atoms with Crippen molar-refractivity contribution in [3.8, 4) is 6.07 Å². The third-order valence-electron chi connectivity index (χ3n) is 4.73. The molecule has 0 saturated carbocycles. The Hall–Kier alpha value is -2.72. The SMILES string of the molecule is CC1CCN(CCNc2cc(C#N)c3cc([N+](=O)[O-])ccc3n2)CC1. The number of nitrogens with zero attached hydrogens (tertiary/aromatic N) is 4. The normalized spacial score (nSPS) is 15.8. The summed E-state index contributed by atoms with van der Waals surface area (Å²) in [7, 11) is 0. The van der Waals surface area contributed by atoms with Crippen molar-refractivity contribution in [2.24, 2.45) is 5.92 Å². The van der Waals surface area contributed by atoms with Crippen LogP contribution in [0.2, 0.25) is 0 Å². The summed E-state index contributed by atoms with van der Waals surface area (Å²) in [6.45, 7) is 6.24. The number of nitriles is 1. The summed E-state index contributed by atoms with van der Waals surface area (Å²) in [6, 6.07) is 8.17. The van der Waals surface area contributed by atoms with Gasteiger partial charge in [0.2, 0.25) is 0 Å². The summed E-state index contributed by atoms with van der Waals surface area (Å²) in [6.07, 6.45) is 2.48. The Labute approximate surface area is 146 Å². The summed E-state index contributed by atoms with van der Waals surface area (Å²) >= 11 is 0. The molecular formula is C18H21N5O2. The van der Waals surface area contributed by atoms with Gasteiger partial charge >= 0.3 is 0 Å². The first kappa shape index (κ1) is 17.1. The van der Waals surface area contributed by atoms with Crippen LogP contribution in [0.3, 0.4) is 0 Å². The van der Waals surface area contributed by atoms with Crippen LogP contribution in [0.1, 0.15) is 25.3 Å². The standard InChI is InChI=1S/C18H21N5O2/c1-13-4-7-22(8-5-13)9-6-20-18-10-14(12-19)16-11-15(23(24)25)2-3-17(16)21-18/h2-3,10-11,13H,4-9H2,1H3,(H,20,21). The number of anilines is 1. The molecule has 0 atom stereocenters. The second-order valence-corrected chi connectivity index (χ2v) is 6.58. The number of nitrogens with one attached hydrogen (secondary N) is 1. The first-order valence-electron chi connectivity index (χ1n) is 8.52. The third kappa shape index (κ3) is 4.03. The molecular weight excluding hydrogens is 318 g/mol. The maximum Gasteiger partial charge on any atom is 0.270 e. The van der Waals surface area contributed by atoms with E-state index in [1.54, 1.807) is 12.1 Å². The number of likely N-dealkylation sites (tertiary alicyclic amines) is 1. The number of nitro benzene ring substituents is 1. The van der Waals surface area contributed by atoms with Crippen molar-refractivity contribution in [2.45, 2.75) is 19.8 Å². The number of rotatable bonds is 5. The minimum absolute atomic E-state index is 0.0363. The molecule has 1 saturated heterocycles. The molecule has 0 bridgehead atoms. The van der Waals surface area contributed by atoms with Crippen molar-refractivity contribution < 1.29 is 4.92 Å². The van der Waals surface area contributed by atoms with E-state index in [0.29, 0.717) is 22.3 Å². The molecule has 1 aliphatic heterocycles. The van der Waals surface area contributed by atoms with Crippen LogP contribution in [0.4, 0.5) is 11.5 Å². The summed E-state index contributed by atoms with van der Waals surface area (Å²) < 4.78 is 0. The van der Waals surface area contributed by atoms with Gasteiger partial charge in [0, 0.05) is 30.6 Å². The Balaban J connectivity index is 1.71. The van der Waals surface area contributed by atoms with E-state index in [4.69, 9.17) is 0 Å². The maximum absolute atomic E-state index is 10.9. The molecule has 0 spiro atoms. The van der Waals surface area contributed by atoms with Gasteiger partial charge in [0.25, 0.3) is 5.69 Å². The molecule has 1 aromatic heterocycles. The molecule has 7 nitrogen and oxygen atoms in total. The van der Waals surface area contributed by atoms with Crippen LogP contribution >= 0.6 is 0 Å². The predicted molar refractivity (Wildman–Crippen MR) is 96.4 cm³/mol. The molecule has 1 N–H and O–H groups in total. The van der Waals surface area contributed by atoms with Gasteiger partial charge in [-0.15, -0.1) is 0 Å². The Kier molecular flexibility index (Phi) is 5.10. The lowest BCUT2D eigenvalue weighted by molar-refractivity contribution is -0.384. The highest BCUT2D eigenvalue weighted by Crippen LogP contribution is 2.25. The van der Waals surface area contributed by atoms with E-state index in [1.165, 1.54) is 25.0 Å². The van der Waals surface area contributed by atoms with E-state index in [0.717, 1.165) is 32.1 Å². The number of hydrogen-bond donors (Lipinski definition) is 1. The predicted octanol–water partition coefficient (Wildman–Crippen LogP) is 3.16. The van der Waals surface area contributed by atoms with Gasteiger partial charge in [0.05, 0.1) is 22.1 Å². The Morgan fingerprint density at radius 3 is 2.84 bits per heavy atom. The number of aromatic nitrogens is 1. The van der Waals surface area contributed by atoms with Crippen LogP contribution in [0.5, 0.6) is 0 Å². The van der Waals surface area contributed by atoms with E-state index in [9.17, 15) is 15.4 Å². The number of non-ortho nitro benzene ring substituents is 1. The molecule has 2 aromatic rings. The Morgan fingerprint density at radius 1 is 1.40 bits per heavy atom. The number of benzene rings is 1. The molecule has 2 heterocycles. The number of piperidine rings is 1. The number of nitro groups is 1. The average molecular weight is 339 g/mol. The number of hydrogen-bond acceptors (Lipinski definition) is 6. The quantitative estimate of drug-likeness (QED) is 0.664. The zero-order valence-corrected chi connectivity index (χ0v) is 14.2. The molecule has 1 aliphatic rings. The van der Waals surface area contributed by atoms with Gasteiger partial charge in [-0.2, -0.15) is 5.26 Å². The lowest BCUT2D eigenvalue weighted by Crippen LogP contribution is -2.36. The van der Waals surface area contributed by atoms with Crippen molar-refractivity contribution >= 4 is 22.4 Å². The fourth-order valence-corrected chi connectivity index (χ4v) is 3.14. The first-order chi connectivity index (χ1) is 12.1. The fraction of sp³-hybridized carbons (Fsp3) is 0.444. The average Bonchev–Trinajstić information content (AvgIpc) is 2.62. The zero-order chi connectivity index (χ0) is 17.8. The molecule has 25 heavy (non-hydrogen) atoms. The van der Waals surface area contributed by atoms with Crippen molar-refractivity contribution in [3.05, 3.63) is 39.9 Å². The van der Waals surface area contributed by atoms with Gasteiger partial charge in [-0.3, -0.25) is 10.1 Å². The highest BCUT2D eigenvalue weighted by Gasteiger charge is 2.15. The number of fused-ring (bicyclic) bond motifs is 1. The molecule has 0 radical (unpaired) electrons. The molecule has 130 valence electrons. The van der Waals surface area contributed by atoms with Crippen LogP contribution in [0.15, 0.2) is 24.3 Å². The summed E-state index contributed by atoms with van der Waals surface area (Å²) in [5.74, 6) is 1.44. The molecule has 0 amide bonds. The monoisotopic (exact) mass is 339 g/mol. The van der Waals surface area contributed by atoms with Crippen LogP contribution in [0, 0.1) is 27.4 Å². The summed E-state index contributed by atoms with van der Waals surface area (Å²) in [5, 5.41) is 24.0. The highest BCUT2D eigenvalue weighted by atomic mass is 16.6. The second-order valence-electron chi connectivity index (χ2n) is 6.58. The first-order valence-corrected chi connectivity index (χ1v) is 8.52. The van der Waals surface area contributed by atoms with E-state index in [2.05, 4.69) is 28.2 Å². The molecule has 1 fully saturated rings. The van der Waals surface area contributed by atoms with E-state index in [-0.39, 0.29) is 5.69 Å². The van der Waals surface area contributed by atoms with E-state index in [1.807, 2.05) is 0 Å². The third-order valence-corrected chi connectivity index (χ3v) is 4.73.